The van der Waals surface area contributed by atoms with Gasteiger partial charge in [-0.1, -0.05) is 12.8 Å². The van der Waals surface area contributed by atoms with Gasteiger partial charge in [0.05, 0.1) is 11.0 Å². The standard InChI is InChI=1S/C25H25N7OS/c1-2-19-14-21-22(28-24(19)33)13-18(15-27-21)16-31-9-11-32(12-10-31)20-6-3-17(4-7-20)5-8-23-29-25(26)34-30-23/h3-4,6-7,13-15H,2,9-12,16H2,1H3,(H,28,33)(H2,26,29,30). The highest BCUT2D eigenvalue weighted by molar-refractivity contribution is 7.09. The lowest BCUT2D eigenvalue weighted by atomic mass is 10.1. The Kier molecular flexibility index (Phi) is 6.25. The summed E-state index contributed by atoms with van der Waals surface area (Å²) in [6.07, 6.45) is 2.62. The van der Waals surface area contributed by atoms with Crippen LogP contribution in [-0.2, 0) is 13.0 Å². The van der Waals surface area contributed by atoms with Gasteiger partial charge < -0.3 is 15.6 Å². The molecule has 4 aromatic rings. The second-order valence-corrected chi connectivity index (χ2v) is 9.05. The van der Waals surface area contributed by atoms with Crippen molar-refractivity contribution in [3.63, 3.8) is 0 Å². The Hall–Kier alpha value is -3.74. The van der Waals surface area contributed by atoms with Crippen molar-refractivity contribution in [3.8, 4) is 11.8 Å². The molecule has 1 fully saturated rings. The third-order valence-electron chi connectivity index (χ3n) is 5.98. The van der Waals surface area contributed by atoms with Crippen LogP contribution in [0.2, 0.25) is 0 Å². The minimum absolute atomic E-state index is 0.0240. The van der Waals surface area contributed by atoms with Crippen LogP contribution in [0.15, 0.2) is 47.4 Å². The van der Waals surface area contributed by atoms with Crippen LogP contribution in [0.3, 0.4) is 0 Å². The maximum Gasteiger partial charge on any atom is 0.251 e. The van der Waals surface area contributed by atoms with Gasteiger partial charge in [-0.25, -0.2) is 0 Å². The Bertz CT molecular complexity index is 1420. The molecule has 0 bridgehead atoms. The van der Waals surface area contributed by atoms with Gasteiger partial charge in [0.15, 0.2) is 0 Å². The molecular formula is C25H25N7OS. The number of rotatable bonds is 4. The quantitative estimate of drug-likeness (QED) is 0.441. The van der Waals surface area contributed by atoms with E-state index in [0.29, 0.717) is 17.4 Å². The number of hydrogen-bond acceptors (Lipinski definition) is 8. The Morgan fingerprint density at radius 2 is 1.91 bits per heavy atom. The third-order valence-corrected chi connectivity index (χ3v) is 6.52. The summed E-state index contributed by atoms with van der Waals surface area (Å²) in [5.41, 5.74) is 11.2. The van der Waals surface area contributed by atoms with E-state index in [1.807, 2.05) is 37.4 Å². The SMILES string of the molecule is CCc1cc2ncc(CN3CCN(c4ccc(C#Cc5nsc(N)n5)cc4)CC3)cc2[nH]c1=O. The smallest absolute Gasteiger partial charge is 0.251 e. The summed E-state index contributed by atoms with van der Waals surface area (Å²) >= 11 is 1.15. The van der Waals surface area contributed by atoms with Crippen molar-refractivity contribution in [1.82, 2.24) is 24.2 Å². The van der Waals surface area contributed by atoms with Gasteiger partial charge in [-0.15, -0.1) is 0 Å². The van der Waals surface area contributed by atoms with Crippen LogP contribution in [0.4, 0.5) is 10.8 Å². The lowest BCUT2D eigenvalue weighted by molar-refractivity contribution is 0.249. The normalized spacial score (nSPS) is 14.2. The van der Waals surface area contributed by atoms with Gasteiger partial charge in [-0.3, -0.25) is 14.7 Å². The molecule has 3 aromatic heterocycles. The molecule has 1 saturated heterocycles. The number of anilines is 2. The average molecular weight is 472 g/mol. The topological polar surface area (TPSA) is 104 Å². The highest BCUT2D eigenvalue weighted by Gasteiger charge is 2.17. The zero-order valence-corrected chi connectivity index (χ0v) is 19.7. The minimum atomic E-state index is -0.0240. The summed E-state index contributed by atoms with van der Waals surface area (Å²) in [6, 6.07) is 12.2. The van der Waals surface area contributed by atoms with Crippen molar-refractivity contribution in [2.45, 2.75) is 19.9 Å². The molecule has 0 aliphatic carbocycles. The number of pyridine rings is 2. The maximum atomic E-state index is 12.1. The van der Waals surface area contributed by atoms with E-state index >= 15 is 0 Å². The first-order chi connectivity index (χ1) is 16.6. The van der Waals surface area contributed by atoms with Crippen LogP contribution in [0.25, 0.3) is 11.0 Å². The number of aromatic amines is 1. The second-order valence-electron chi connectivity index (χ2n) is 8.27. The first kappa shape index (κ1) is 22.1. The van der Waals surface area contributed by atoms with Crippen molar-refractivity contribution in [2.75, 3.05) is 36.8 Å². The molecule has 9 heteroatoms. The average Bonchev–Trinajstić information content (AvgIpc) is 3.28. The number of hydrogen-bond donors (Lipinski definition) is 2. The van der Waals surface area contributed by atoms with Crippen LogP contribution >= 0.6 is 11.5 Å². The largest absolute Gasteiger partial charge is 0.374 e. The summed E-state index contributed by atoms with van der Waals surface area (Å²) < 4.78 is 4.08. The van der Waals surface area contributed by atoms with E-state index in [1.165, 1.54) is 5.69 Å². The van der Waals surface area contributed by atoms with Crippen LogP contribution in [-0.4, -0.2) is 50.4 Å². The molecule has 0 atom stereocenters. The van der Waals surface area contributed by atoms with E-state index in [0.717, 1.165) is 72.0 Å². The number of fused-ring (bicyclic) bond motifs is 1. The summed E-state index contributed by atoms with van der Waals surface area (Å²) in [7, 11) is 0. The van der Waals surface area contributed by atoms with E-state index in [2.05, 4.69) is 53.1 Å². The zero-order valence-electron chi connectivity index (χ0n) is 18.9. The maximum absolute atomic E-state index is 12.1. The predicted octanol–water partition coefficient (Wildman–Crippen LogP) is 2.64. The molecule has 1 aliphatic rings. The molecule has 3 N–H and O–H groups in total. The predicted molar refractivity (Wildman–Crippen MR) is 136 cm³/mol. The molecule has 1 aliphatic heterocycles. The fourth-order valence-corrected chi connectivity index (χ4v) is 4.50. The zero-order chi connectivity index (χ0) is 23.5. The molecule has 1 aromatic carbocycles. The number of benzene rings is 1. The van der Waals surface area contributed by atoms with Gasteiger partial charge in [0.2, 0.25) is 11.0 Å². The third kappa shape index (κ3) is 4.93. The fraction of sp³-hybridized carbons (Fsp3) is 0.280. The van der Waals surface area contributed by atoms with Gasteiger partial charge >= 0.3 is 0 Å². The van der Waals surface area contributed by atoms with E-state index in [-0.39, 0.29) is 5.56 Å². The van der Waals surface area contributed by atoms with Crippen molar-refractivity contribution >= 4 is 33.4 Å². The summed E-state index contributed by atoms with van der Waals surface area (Å²) in [6.45, 7) is 6.61. The molecule has 4 heterocycles. The van der Waals surface area contributed by atoms with Gasteiger partial charge in [0, 0.05) is 67.3 Å². The lowest BCUT2D eigenvalue weighted by Crippen LogP contribution is -2.45. The minimum Gasteiger partial charge on any atom is -0.374 e. The molecule has 0 amide bonds. The number of nitrogens with two attached hydrogens (primary N) is 1. The first-order valence-corrected chi connectivity index (χ1v) is 12.0. The van der Waals surface area contributed by atoms with Gasteiger partial charge in [0.25, 0.3) is 5.56 Å². The highest BCUT2D eigenvalue weighted by Crippen LogP contribution is 2.19. The molecule has 8 nitrogen and oxygen atoms in total. The van der Waals surface area contributed by atoms with Crippen molar-refractivity contribution in [1.29, 1.82) is 0 Å². The molecular weight excluding hydrogens is 446 g/mol. The summed E-state index contributed by atoms with van der Waals surface area (Å²) in [5.74, 6) is 6.48. The fourth-order valence-electron chi connectivity index (χ4n) is 4.11. The highest BCUT2D eigenvalue weighted by atomic mass is 32.1. The monoisotopic (exact) mass is 471 g/mol. The number of piperazine rings is 1. The molecule has 34 heavy (non-hydrogen) atoms. The molecule has 5 rings (SSSR count). The number of nitrogens with one attached hydrogen (secondary N) is 1. The van der Waals surface area contributed by atoms with Crippen LogP contribution in [0, 0.1) is 11.8 Å². The van der Waals surface area contributed by atoms with E-state index in [1.54, 1.807) is 0 Å². The summed E-state index contributed by atoms with van der Waals surface area (Å²) in [5, 5.41) is 0.427. The van der Waals surface area contributed by atoms with Crippen molar-refractivity contribution in [3.05, 3.63) is 75.5 Å². The number of nitrogen functional groups attached to an aromatic ring is 1. The van der Waals surface area contributed by atoms with Crippen LogP contribution < -0.4 is 16.2 Å². The summed E-state index contributed by atoms with van der Waals surface area (Å²) in [4.78, 5) is 28.6. The Balaban J connectivity index is 1.19. The van der Waals surface area contributed by atoms with Gasteiger partial charge in [0.1, 0.15) is 0 Å². The Labute approximate surface area is 201 Å². The second kappa shape index (κ2) is 9.63. The number of H-pyrrole nitrogens is 1. The van der Waals surface area contributed by atoms with E-state index < -0.39 is 0 Å². The van der Waals surface area contributed by atoms with E-state index in [4.69, 9.17) is 5.73 Å². The molecule has 0 spiro atoms. The number of nitrogens with zero attached hydrogens (tertiary/aromatic N) is 5. The molecule has 0 unspecified atom stereocenters. The van der Waals surface area contributed by atoms with Gasteiger partial charge in [-0.2, -0.15) is 9.36 Å². The van der Waals surface area contributed by atoms with Gasteiger partial charge in [-0.05, 0) is 54.3 Å². The molecule has 0 radical (unpaired) electrons. The first-order valence-electron chi connectivity index (χ1n) is 11.3. The lowest BCUT2D eigenvalue weighted by Gasteiger charge is -2.36. The number of aromatic nitrogens is 4. The van der Waals surface area contributed by atoms with E-state index in [9.17, 15) is 4.79 Å². The Morgan fingerprint density at radius 1 is 1.12 bits per heavy atom. The van der Waals surface area contributed by atoms with Crippen molar-refractivity contribution < 1.29 is 0 Å². The molecule has 172 valence electrons. The molecule has 0 saturated carbocycles. The van der Waals surface area contributed by atoms with Crippen LogP contribution in [0.5, 0.6) is 0 Å². The Morgan fingerprint density at radius 3 is 2.62 bits per heavy atom. The number of aryl methyl sites for hydroxylation is 1. The van der Waals surface area contributed by atoms with Crippen LogP contribution in [0.1, 0.15) is 29.4 Å². The van der Waals surface area contributed by atoms with Crippen molar-refractivity contribution in [2.24, 2.45) is 0 Å².